The number of hydrogen-bond donors (Lipinski definition) is 3. The van der Waals surface area contributed by atoms with Gasteiger partial charge in [-0.2, -0.15) is 0 Å². The number of aliphatic hydroxyl groups excluding tert-OH is 3. The second-order valence-corrected chi connectivity index (χ2v) is 51.1. The number of carbonyl (C=O) groups excluding carboxylic acids is 1. The Kier molecular flexibility index (Phi) is 18.0. The van der Waals surface area contributed by atoms with E-state index < -0.39 is 30.4 Å². The molecule has 0 heterocycles. The topological polar surface area (TPSA) is 96.2 Å². The first-order valence-corrected chi connectivity index (χ1v) is 30.9. The van der Waals surface area contributed by atoms with Crippen LogP contribution in [0.15, 0.2) is 11.6 Å². The summed E-state index contributed by atoms with van der Waals surface area (Å²) in [5.74, 6) is 4.33. The van der Waals surface area contributed by atoms with Crippen LogP contribution in [0.3, 0.4) is 0 Å². The average Bonchev–Trinajstić information content (AvgIpc) is 3.31. The van der Waals surface area contributed by atoms with Crippen LogP contribution in [-0.4, -0.2) is 52.5 Å². The molecule has 4 unspecified atom stereocenters. The summed E-state index contributed by atoms with van der Waals surface area (Å²) in [6.07, 6.45) is 13.6. The van der Waals surface area contributed by atoms with Gasteiger partial charge in [-0.15, -0.1) is 0 Å². The van der Waals surface area contributed by atoms with Crippen molar-refractivity contribution >= 4 is 66.1 Å². The molecular formula is C35H57I3O6VY-. The Balaban J connectivity index is 0.00000109. The Morgan fingerprint density at radius 3 is 2.41 bits per heavy atom. The summed E-state index contributed by atoms with van der Waals surface area (Å²) in [4.78, 5) is 12.3. The molecule has 5 rings (SSSR count). The summed E-state index contributed by atoms with van der Waals surface area (Å²) in [5, 5.41) is 29.9. The molecule has 6 nitrogen and oxygen atoms in total. The fraction of sp³-hybridized carbons (Fsp3) is 0.886. The van der Waals surface area contributed by atoms with Crippen LogP contribution in [0.5, 0.6) is 0 Å². The SMILES string of the molecule is CC(C)CCC[C@H](C)[C@@H]1CC[C@@H]2[C@H]3CC=C4C[C@H](OC(=O)OCC5CC(O)[CH-]C(O)C5O)CC[C@@]4(C)[C@@H]3CC[C@]21C.[I][V]([I])[I].[Y]. The van der Waals surface area contributed by atoms with E-state index in [1.165, 1.54) is 63.4 Å². The van der Waals surface area contributed by atoms with E-state index in [1.54, 1.807) is 0 Å². The number of ether oxygens (including phenoxy) is 2. The summed E-state index contributed by atoms with van der Waals surface area (Å²) in [6, 6.07) is 0. The molecule has 0 aromatic carbocycles. The number of aliphatic hydroxyl groups is 3. The van der Waals surface area contributed by atoms with Gasteiger partial charge in [0.15, 0.2) is 0 Å². The fourth-order valence-electron chi connectivity index (χ4n) is 10.4. The molecule has 1 radical (unpaired) electrons. The first kappa shape index (κ1) is 43.2. The van der Waals surface area contributed by atoms with Gasteiger partial charge < -0.3 is 24.8 Å². The van der Waals surface area contributed by atoms with Gasteiger partial charge >= 0.3 is 71.0 Å². The van der Waals surface area contributed by atoms with Crippen molar-refractivity contribution in [1.82, 2.24) is 0 Å². The van der Waals surface area contributed by atoms with Crippen LogP contribution < -0.4 is 0 Å². The van der Waals surface area contributed by atoms with Gasteiger partial charge in [0, 0.05) is 45.0 Å². The summed E-state index contributed by atoms with van der Waals surface area (Å²) < 4.78 is 11.1. The van der Waals surface area contributed by atoms with Gasteiger partial charge in [0.25, 0.3) is 0 Å². The number of hydrogen-bond acceptors (Lipinski definition) is 6. The van der Waals surface area contributed by atoms with Crippen LogP contribution >= 0.6 is 59.9 Å². The number of fused-ring (bicyclic) bond motifs is 5. The van der Waals surface area contributed by atoms with E-state index in [-0.39, 0.29) is 62.2 Å². The quantitative estimate of drug-likeness (QED) is 0.0971. The van der Waals surface area contributed by atoms with Gasteiger partial charge in [-0.05, 0) is 104 Å². The zero-order chi connectivity index (χ0) is 33.1. The smallest absolute Gasteiger partial charge is 0 e. The molecule has 46 heavy (non-hydrogen) atoms. The summed E-state index contributed by atoms with van der Waals surface area (Å²) in [5.41, 5.74) is 2.16. The van der Waals surface area contributed by atoms with Gasteiger partial charge in [0.2, 0.25) is 0 Å². The summed E-state index contributed by atoms with van der Waals surface area (Å²) >= 11 is 7.39. The van der Waals surface area contributed by atoms with Crippen molar-refractivity contribution in [1.29, 1.82) is 0 Å². The average molecular weight is 1090 g/mol. The minimum absolute atomic E-state index is 0. The Morgan fingerprint density at radius 2 is 1.74 bits per heavy atom. The molecule has 5 aliphatic rings. The monoisotopic (exact) mass is 1090 g/mol. The summed E-state index contributed by atoms with van der Waals surface area (Å²) in [7, 11) is 0. The molecule has 0 aliphatic heterocycles. The predicted molar refractivity (Wildman–Crippen MR) is 202 cm³/mol. The zero-order valence-electron chi connectivity index (χ0n) is 28.4. The van der Waals surface area contributed by atoms with Crippen molar-refractivity contribution < 1.29 is 67.2 Å². The molecule has 0 aromatic heterocycles. The maximum Gasteiger partial charge on any atom is 0 e. The number of rotatable bonds is 8. The maximum atomic E-state index is 12.6. The van der Waals surface area contributed by atoms with Crippen molar-refractivity contribution in [3.8, 4) is 0 Å². The number of halogens is 3. The van der Waals surface area contributed by atoms with Gasteiger partial charge in [0.1, 0.15) is 12.7 Å². The van der Waals surface area contributed by atoms with Crippen LogP contribution in [0.2, 0.25) is 0 Å². The van der Waals surface area contributed by atoms with Crippen molar-refractivity contribution in [3.63, 3.8) is 0 Å². The first-order chi connectivity index (χ1) is 21.2. The van der Waals surface area contributed by atoms with Gasteiger partial charge in [0.05, 0.1) is 6.10 Å². The second-order valence-electron chi connectivity index (χ2n) is 15.8. The van der Waals surface area contributed by atoms with Crippen LogP contribution in [-0.2, 0) is 47.1 Å². The van der Waals surface area contributed by atoms with Crippen molar-refractivity contribution in [3.05, 3.63) is 18.1 Å². The van der Waals surface area contributed by atoms with Crippen LogP contribution in [0.4, 0.5) is 4.79 Å². The molecule has 0 saturated heterocycles. The van der Waals surface area contributed by atoms with Crippen molar-refractivity contribution in [2.75, 3.05) is 6.61 Å². The molecule has 0 amide bonds. The van der Waals surface area contributed by atoms with Gasteiger partial charge in [-0.1, -0.05) is 71.6 Å². The molecule has 11 heteroatoms. The third kappa shape index (κ3) is 10.7. The standard InChI is InChI=1S/C35H57O6.3HI.V.Y/c1-21(2)7-6-8-22(3)28-11-12-29-27-10-9-24-18-26(13-15-34(24,4)30(27)14-16-35(28,29)5)41-33(39)40-20-23-17-25(36)19-31(37)32(23)38;;;;;/h9,19,21-23,25-32,36-38H,6-8,10-18,20H2,1-5H3;3*1H;;/q-1;;;;+3;/p-3/t22-,23?,25?,26+,27+,28-,29+,30+,31?,32?,34+,35-;;;;;/m0...../s1. The number of allylic oxidation sites excluding steroid dienone is 1. The molecule has 4 fully saturated rings. The van der Waals surface area contributed by atoms with E-state index in [9.17, 15) is 20.1 Å². The van der Waals surface area contributed by atoms with Crippen LogP contribution in [0, 0.1) is 58.7 Å². The third-order valence-corrected chi connectivity index (χ3v) is 12.7. The molecule has 12 atom stereocenters. The Hall–Kier alpha value is 2.77. The van der Waals surface area contributed by atoms with E-state index in [1.807, 2.05) is 0 Å². The van der Waals surface area contributed by atoms with E-state index >= 15 is 0 Å². The molecule has 0 bridgehead atoms. The normalized spacial score (nSPS) is 40.7. The molecule has 0 aromatic rings. The molecule has 263 valence electrons. The van der Waals surface area contributed by atoms with Crippen LogP contribution in [0.25, 0.3) is 0 Å². The minimum Gasteiger partial charge on any atom is 0 e. The van der Waals surface area contributed by atoms with Gasteiger partial charge in [-0.3, -0.25) is 6.42 Å². The molecule has 5 aliphatic carbocycles. The largest absolute Gasteiger partial charge is 0 e. The van der Waals surface area contributed by atoms with Gasteiger partial charge in [-0.25, -0.2) is 4.79 Å². The third-order valence-electron chi connectivity index (χ3n) is 12.7. The van der Waals surface area contributed by atoms with Crippen molar-refractivity contribution in [2.24, 2.45) is 52.3 Å². The molecule has 3 N–H and O–H groups in total. The molecule has 4 saturated carbocycles. The first-order valence-electron chi connectivity index (χ1n) is 17.3. The van der Waals surface area contributed by atoms with E-state index in [0.29, 0.717) is 5.41 Å². The fourth-order valence-corrected chi connectivity index (χ4v) is 10.4. The number of carbonyl (C=O) groups is 1. The van der Waals surface area contributed by atoms with E-state index in [2.05, 4.69) is 101 Å². The van der Waals surface area contributed by atoms with Crippen LogP contribution in [0.1, 0.15) is 112 Å². The zero-order valence-corrected chi connectivity index (χ0v) is 39.1. The Morgan fingerprint density at radius 1 is 1.04 bits per heavy atom. The predicted octanol–water partition coefficient (Wildman–Crippen LogP) is 9.51. The minimum atomic E-state index is -1.12. The van der Waals surface area contributed by atoms with E-state index in [4.69, 9.17) is 9.47 Å². The summed E-state index contributed by atoms with van der Waals surface area (Å²) in [6.45, 7) is 12.3. The maximum absolute atomic E-state index is 12.6. The molecular weight excluding hydrogens is 1040 g/mol. The molecule has 0 spiro atoms. The second kappa shape index (κ2) is 19.2. The Bertz CT molecular complexity index is 1020. The van der Waals surface area contributed by atoms with Crippen molar-refractivity contribution in [2.45, 2.75) is 136 Å². The Labute approximate surface area is 341 Å². The van der Waals surface area contributed by atoms with E-state index in [0.717, 1.165) is 54.8 Å².